The Morgan fingerprint density at radius 1 is 1.18 bits per heavy atom. The minimum atomic E-state index is -0.0290. The maximum atomic E-state index is 5.61. The van der Waals surface area contributed by atoms with Gasteiger partial charge in [-0.2, -0.15) is 0 Å². The molecule has 3 heteroatoms. The van der Waals surface area contributed by atoms with Crippen molar-refractivity contribution < 1.29 is 4.74 Å². The minimum absolute atomic E-state index is 0.0290. The molecule has 0 saturated heterocycles. The Kier molecular flexibility index (Phi) is 3.82. The maximum Gasteiger partial charge on any atom is 0.115 e. The predicted octanol–water partition coefficient (Wildman–Crippen LogP) is 2.62. The highest BCUT2D eigenvalue weighted by Crippen LogP contribution is 2.26. The molecule has 1 aromatic carbocycles. The Morgan fingerprint density at radius 3 is 2.29 bits per heavy atom. The molecule has 1 aromatic rings. The van der Waals surface area contributed by atoms with Crippen LogP contribution >= 0.6 is 0 Å². The van der Waals surface area contributed by atoms with Gasteiger partial charge < -0.3 is 4.74 Å². The van der Waals surface area contributed by atoms with Crippen LogP contribution in [0.25, 0.3) is 0 Å². The molecule has 0 aliphatic carbocycles. The summed E-state index contributed by atoms with van der Waals surface area (Å²) in [4.78, 5) is 0. The molecule has 0 aromatic heterocycles. The van der Waals surface area contributed by atoms with Crippen LogP contribution in [0.2, 0.25) is 0 Å². The smallest absolute Gasteiger partial charge is 0.115 e. The van der Waals surface area contributed by atoms with E-state index < -0.39 is 0 Å². The van der Waals surface area contributed by atoms with Gasteiger partial charge in [0.2, 0.25) is 0 Å². The molecule has 1 atom stereocenters. The zero-order valence-electron chi connectivity index (χ0n) is 10.4. The topological polar surface area (TPSA) is 47.3 Å². The predicted molar refractivity (Wildman–Crippen MR) is 69.2 cm³/mol. The van der Waals surface area contributed by atoms with E-state index in [-0.39, 0.29) is 6.04 Å². The normalized spacial score (nSPS) is 16.8. The second-order valence-electron chi connectivity index (χ2n) is 4.66. The lowest BCUT2D eigenvalue weighted by Crippen LogP contribution is -2.29. The van der Waals surface area contributed by atoms with E-state index in [1.54, 1.807) is 0 Å². The lowest BCUT2D eigenvalue weighted by Gasteiger charge is -2.18. The molecule has 0 fully saturated rings. The van der Waals surface area contributed by atoms with Gasteiger partial charge in [0.1, 0.15) is 11.8 Å². The van der Waals surface area contributed by atoms with E-state index in [9.17, 15) is 0 Å². The summed E-state index contributed by atoms with van der Waals surface area (Å²) in [6, 6.07) is 8.50. The molecule has 0 radical (unpaired) electrons. The van der Waals surface area contributed by atoms with Crippen LogP contribution in [-0.4, -0.2) is 6.61 Å². The Hall–Kier alpha value is -1.32. The number of hydrogen-bond donors (Lipinski definition) is 2. The Labute approximate surface area is 103 Å². The molecule has 0 amide bonds. The van der Waals surface area contributed by atoms with Gasteiger partial charge in [0, 0.05) is 6.42 Å². The van der Waals surface area contributed by atoms with Crippen LogP contribution in [0.15, 0.2) is 36.1 Å². The second kappa shape index (κ2) is 5.34. The molecular formula is C14H20N2O. The third-order valence-electron chi connectivity index (χ3n) is 3.12. The fraction of sp³-hybridized carbons (Fsp3) is 0.429. The van der Waals surface area contributed by atoms with E-state index in [1.807, 2.05) is 0 Å². The molecule has 3 N–H and O–H groups in total. The standard InChI is InChI=1S/C14H20N2O/c1-10(2)11-5-7-12(8-6-11)14(16-15)13-4-3-9-17-13/h4-8,10,14,16H,3,9,15H2,1-2H3. The number of hydrazine groups is 1. The summed E-state index contributed by atoms with van der Waals surface area (Å²) in [7, 11) is 0. The summed E-state index contributed by atoms with van der Waals surface area (Å²) in [6.07, 6.45) is 3.07. The van der Waals surface area contributed by atoms with Gasteiger partial charge in [-0.1, -0.05) is 38.1 Å². The van der Waals surface area contributed by atoms with Crippen LogP contribution < -0.4 is 11.3 Å². The summed E-state index contributed by atoms with van der Waals surface area (Å²) in [6.45, 7) is 5.14. The average molecular weight is 232 g/mol. The number of nitrogens with one attached hydrogen (secondary N) is 1. The largest absolute Gasteiger partial charge is 0.496 e. The van der Waals surface area contributed by atoms with Crippen molar-refractivity contribution in [3.63, 3.8) is 0 Å². The number of hydrogen-bond acceptors (Lipinski definition) is 3. The first-order chi connectivity index (χ1) is 8.22. The fourth-order valence-electron chi connectivity index (χ4n) is 2.05. The van der Waals surface area contributed by atoms with Crippen molar-refractivity contribution in [2.45, 2.75) is 32.2 Å². The van der Waals surface area contributed by atoms with E-state index in [2.05, 4.69) is 49.6 Å². The summed E-state index contributed by atoms with van der Waals surface area (Å²) in [5, 5.41) is 0. The number of rotatable bonds is 4. The van der Waals surface area contributed by atoms with E-state index in [0.29, 0.717) is 5.92 Å². The van der Waals surface area contributed by atoms with E-state index in [0.717, 1.165) is 24.4 Å². The highest BCUT2D eigenvalue weighted by Gasteiger charge is 2.19. The first-order valence-corrected chi connectivity index (χ1v) is 6.11. The molecule has 1 unspecified atom stereocenters. The molecule has 0 saturated carbocycles. The minimum Gasteiger partial charge on any atom is -0.496 e. The zero-order chi connectivity index (χ0) is 12.3. The summed E-state index contributed by atoms with van der Waals surface area (Å²) in [5.41, 5.74) is 5.30. The van der Waals surface area contributed by atoms with Gasteiger partial charge in [0.25, 0.3) is 0 Å². The van der Waals surface area contributed by atoms with Crippen LogP contribution in [0, 0.1) is 0 Å². The third kappa shape index (κ3) is 2.68. The Bertz CT molecular complexity index is 395. The highest BCUT2D eigenvalue weighted by atomic mass is 16.5. The fourth-order valence-corrected chi connectivity index (χ4v) is 2.05. The van der Waals surface area contributed by atoms with Gasteiger partial charge in [0.15, 0.2) is 0 Å². The van der Waals surface area contributed by atoms with Gasteiger partial charge in [-0.3, -0.25) is 5.84 Å². The lowest BCUT2D eigenvalue weighted by atomic mass is 9.98. The zero-order valence-corrected chi connectivity index (χ0v) is 10.4. The Balaban J connectivity index is 2.19. The molecule has 92 valence electrons. The maximum absolute atomic E-state index is 5.61. The molecule has 17 heavy (non-hydrogen) atoms. The third-order valence-corrected chi connectivity index (χ3v) is 3.12. The van der Waals surface area contributed by atoms with E-state index >= 15 is 0 Å². The number of ether oxygens (including phenoxy) is 1. The lowest BCUT2D eigenvalue weighted by molar-refractivity contribution is 0.215. The van der Waals surface area contributed by atoms with Gasteiger partial charge in [-0.15, -0.1) is 0 Å². The van der Waals surface area contributed by atoms with Crippen molar-refractivity contribution in [3.05, 3.63) is 47.2 Å². The van der Waals surface area contributed by atoms with Crippen LogP contribution in [0.1, 0.15) is 43.4 Å². The monoisotopic (exact) mass is 232 g/mol. The summed E-state index contributed by atoms with van der Waals surface area (Å²) >= 11 is 0. The van der Waals surface area contributed by atoms with Crippen molar-refractivity contribution >= 4 is 0 Å². The first kappa shape index (κ1) is 12.1. The molecule has 0 spiro atoms. The van der Waals surface area contributed by atoms with Crippen LogP contribution in [-0.2, 0) is 4.74 Å². The van der Waals surface area contributed by atoms with Gasteiger partial charge in [-0.05, 0) is 23.1 Å². The van der Waals surface area contributed by atoms with E-state index in [4.69, 9.17) is 10.6 Å². The first-order valence-electron chi connectivity index (χ1n) is 6.11. The SMILES string of the molecule is CC(C)c1ccc(C(NN)C2=CCCO2)cc1. The molecule has 2 rings (SSSR count). The van der Waals surface area contributed by atoms with Gasteiger partial charge >= 0.3 is 0 Å². The van der Waals surface area contributed by atoms with Crippen molar-refractivity contribution in [2.24, 2.45) is 5.84 Å². The molecule has 1 aliphatic rings. The van der Waals surface area contributed by atoms with Gasteiger partial charge in [0.05, 0.1) is 6.61 Å². The Morgan fingerprint density at radius 2 is 1.82 bits per heavy atom. The number of benzene rings is 1. The quantitative estimate of drug-likeness (QED) is 0.619. The van der Waals surface area contributed by atoms with E-state index in [1.165, 1.54) is 5.56 Å². The molecule has 1 aliphatic heterocycles. The van der Waals surface area contributed by atoms with Crippen LogP contribution in [0.5, 0.6) is 0 Å². The van der Waals surface area contributed by atoms with Crippen molar-refractivity contribution in [1.29, 1.82) is 0 Å². The van der Waals surface area contributed by atoms with Crippen molar-refractivity contribution in [1.82, 2.24) is 5.43 Å². The summed E-state index contributed by atoms with van der Waals surface area (Å²) < 4.78 is 5.56. The molecule has 1 heterocycles. The van der Waals surface area contributed by atoms with Crippen molar-refractivity contribution in [2.75, 3.05) is 6.61 Å². The molecule has 0 bridgehead atoms. The highest BCUT2D eigenvalue weighted by molar-refractivity contribution is 5.31. The summed E-state index contributed by atoms with van der Waals surface area (Å²) in [5.74, 6) is 7.10. The molecular weight excluding hydrogens is 212 g/mol. The number of nitrogens with two attached hydrogens (primary N) is 1. The van der Waals surface area contributed by atoms with Crippen LogP contribution in [0.3, 0.4) is 0 Å². The van der Waals surface area contributed by atoms with Crippen molar-refractivity contribution in [3.8, 4) is 0 Å². The average Bonchev–Trinajstić information content (AvgIpc) is 2.84. The van der Waals surface area contributed by atoms with Gasteiger partial charge in [-0.25, -0.2) is 5.43 Å². The second-order valence-corrected chi connectivity index (χ2v) is 4.66. The van der Waals surface area contributed by atoms with Crippen LogP contribution in [0.4, 0.5) is 0 Å². The molecule has 3 nitrogen and oxygen atoms in total.